The first-order chi connectivity index (χ1) is 15.2. The van der Waals surface area contributed by atoms with E-state index < -0.39 is 32.0 Å². The van der Waals surface area contributed by atoms with E-state index in [0.29, 0.717) is 11.1 Å². The van der Waals surface area contributed by atoms with Crippen LogP contribution in [0.3, 0.4) is 0 Å². The molecule has 0 bridgehead atoms. The molecule has 0 aliphatic heterocycles. The number of benzene rings is 3. The van der Waals surface area contributed by atoms with Gasteiger partial charge >= 0.3 is 0 Å². The first-order valence-corrected chi connectivity index (χ1v) is 11.3. The Hall–Kier alpha value is -1.42. The third kappa shape index (κ3) is 5.55. The lowest BCUT2D eigenvalue weighted by Crippen LogP contribution is -3.01. The predicted octanol–water partition coefficient (Wildman–Crippen LogP) is 5.01. The molecule has 32 heavy (non-hydrogen) atoms. The number of nitrogens with one attached hydrogen (secondary N) is 2. The Morgan fingerprint density at radius 1 is 0.562 bits per heavy atom. The summed E-state index contributed by atoms with van der Waals surface area (Å²) in [6, 6.07) is 20.3. The van der Waals surface area contributed by atoms with E-state index in [-0.39, 0.29) is 22.5 Å². The molecule has 2 unspecified atom stereocenters. The van der Waals surface area contributed by atoms with Crippen LogP contribution in [0.5, 0.6) is 0 Å². The van der Waals surface area contributed by atoms with Gasteiger partial charge in [0.25, 0.3) is 0 Å². The average Bonchev–Trinajstić information content (AvgIpc) is 2.82. The molecule has 0 spiro atoms. The van der Waals surface area contributed by atoms with E-state index in [1.54, 1.807) is 48.5 Å². The van der Waals surface area contributed by atoms with Crippen LogP contribution in [0.1, 0.15) is 43.8 Å². The zero-order chi connectivity index (χ0) is 23.4. The standard InChI is InChI=1S/C22H20Cl4N2O4/c23-19(13-7-3-1-4-8-13)21(25)15-11-16(18(28(31)32)12-17(15)27(29)30)22(26)20(24)14-9-5-2-6-10-14/h1-12,19-22,27-29,31H/t19-,20+,21+,22-. The highest BCUT2D eigenvalue weighted by Crippen LogP contribution is 2.46. The Labute approximate surface area is 205 Å². The summed E-state index contributed by atoms with van der Waals surface area (Å²) < 4.78 is 0. The second-order valence-corrected chi connectivity index (χ2v) is 8.95. The molecule has 0 fully saturated rings. The van der Waals surface area contributed by atoms with Crippen LogP contribution in [-0.2, 0) is 0 Å². The van der Waals surface area contributed by atoms with E-state index in [1.807, 2.05) is 12.1 Å². The molecule has 170 valence electrons. The molecule has 0 saturated carbocycles. The number of hydrogen-bond acceptors (Lipinski definition) is 4. The molecule has 6 nitrogen and oxygen atoms in total. The lowest BCUT2D eigenvalue weighted by molar-refractivity contribution is -0.996. The zero-order valence-electron chi connectivity index (χ0n) is 16.5. The second kappa shape index (κ2) is 11.1. The van der Waals surface area contributed by atoms with Crippen molar-refractivity contribution in [3.05, 3.63) is 105 Å². The van der Waals surface area contributed by atoms with Crippen molar-refractivity contribution in [2.24, 2.45) is 0 Å². The van der Waals surface area contributed by atoms with Crippen molar-refractivity contribution in [2.45, 2.75) is 21.5 Å². The van der Waals surface area contributed by atoms with E-state index in [0.717, 1.165) is 6.07 Å². The average molecular weight is 518 g/mol. The maximum absolute atomic E-state index is 11.9. The van der Waals surface area contributed by atoms with Gasteiger partial charge in [-0.3, -0.25) is 0 Å². The highest BCUT2D eigenvalue weighted by atomic mass is 35.5. The molecular weight excluding hydrogens is 498 g/mol. The van der Waals surface area contributed by atoms with Crippen molar-refractivity contribution in [1.82, 2.24) is 0 Å². The van der Waals surface area contributed by atoms with Gasteiger partial charge in [0.2, 0.25) is 0 Å². The Morgan fingerprint density at radius 2 is 0.906 bits per heavy atom. The second-order valence-electron chi connectivity index (χ2n) is 7.07. The lowest BCUT2D eigenvalue weighted by Gasteiger charge is -2.27. The van der Waals surface area contributed by atoms with Crippen molar-refractivity contribution in [3.63, 3.8) is 0 Å². The van der Waals surface area contributed by atoms with Crippen LogP contribution in [0.4, 0.5) is 11.4 Å². The summed E-state index contributed by atoms with van der Waals surface area (Å²) in [7, 11) is 0. The Morgan fingerprint density at radius 3 is 1.22 bits per heavy atom. The van der Waals surface area contributed by atoms with Gasteiger partial charge in [-0.25, -0.2) is 10.4 Å². The highest BCUT2D eigenvalue weighted by Gasteiger charge is 2.32. The topological polar surface area (TPSA) is 95.5 Å². The van der Waals surface area contributed by atoms with E-state index in [9.17, 15) is 20.8 Å². The summed E-state index contributed by atoms with van der Waals surface area (Å²) in [5, 5.41) is 37.2. The fraction of sp³-hybridized carbons (Fsp3) is 0.182. The van der Waals surface area contributed by atoms with Gasteiger partial charge < -0.3 is 10.4 Å². The summed E-state index contributed by atoms with van der Waals surface area (Å²) in [5.74, 6) is 0. The molecule has 0 saturated heterocycles. The number of halogens is 4. The highest BCUT2D eigenvalue weighted by molar-refractivity contribution is 6.31. The molecule has 3 aromatic rings. The molecule has 0 heterocycles. The molecule has 10 heteroatoms. The first-order valence-electron chi connectivity index (χ1n) is 9.53. The molecule has 3 aromatic carbocycles. The van der Waals surface area contributed by atoms with Crippen molar-refractivity contribution in [1.29, 1.82) is 0 Å². The first kappa shape index (κ1) is 25.2. The van der Waals surface area contributed by atoms with Gasteiger partial charge in [0.15, 0.2) is 11.4 Å². The minimum Gasteiger partial charge on any atom is -0.595 e. The maximum atomic E-state index is 11.9. The quantitative estimate of drug-likeness (QED) is 0.249. The van der Waals surface area contributed by atoms with E-state index in [2.05, 4.69) is 0 Å². The van der Waals surface area contributed by atoms with Crippen LogP contribution in [0.25, 0.3) is 0 Å². The molecular formula is C22H20Cl4N2O4. The minimum absolute atomic E-state index is 0.158. The summed E-state index contributed by atoms with van der Waals surface area (Å²) in [6.07, 6.45) is 0. The van der Waals surface area contributed by atoms with E-state index in [4.69, 9.17) is 46.4 Å². The van der Waals surface area contributed by atoms with E-state index >= 15 is 0 Å². The molecule has 0 aromatic heterocycles. The van der Waals surface area contributed by atoms with E-state index in [1.165, 1.54) is 6.07 Å². The minimum atomic E-state index is -1.33. The number of alkyl halides is 4. The van der Waals surface area contributed by atoms with Gasteiger partial charge in [-0.15, -0.1) is 46.4 Å². The fourth-order valence-corrected chi connectivity index (χ4v) is 4.60. The van der Waals surface area contributed by atoms with Crippen molar-refractivity contribution in [2.75, 3.05) is 0 Å². The van der Waals surface area contributed by atoms with Gasteiger partial charge in [0, 0.05) is 11.1 Å². The van der Waals surface area contributed by atoms with Crippen LogP contribution in [0, 0.1) is 10.4 Å². The lowest BCUT2D eigenvalue weighted by atomic mass is 9.95. The maximum Gasteiger partial charge on any atom is 0.174 e. The molecule has 4 N–H and O–H groups in total. The molecule has 3 rings (SSSR count). The molecule has 6 atom stereocenters. The summed E-state index contributed by atoms with van der Waals surface area (Å²) in [5.41, 5.74) is 1.17. The van der Waals surface area contributed by atoms with Crippen molar-refractivity contribution >= 4 is 57.8 Å². The molecule has 0 radical (unpaired) electrons. The summed E-state index contributed by atoms with van der Waals surface area (Å²) in [6.45, 7) is 0. The van der Waals surface area contributed by atoms with Crippen molar-refractivity contribution in [3.8, 4) is 0 Å². The summed E-state index contributed by atoms with van der Waals surface area (Å²) in [4.78, 5) is 0. The van der Waals surface area contributed by atoms with Gasteiger partial charge in [0.05, 0.1) is 27.6 Å². The smallest absolute Gasteiger partial charge is 0.174 e. The third-order valence-electron chi connectivity index (χ3n) is 5.03. The zero-order valence-corrected chi connectivity index (χ0v) is 19.5. The number of quaternary nitrogens is 2. The Bertz CT molecular complexity index is 946. The number of hydrogen-bond donors (Lipinski definition) is 4. The predicted molar refractivity (Wildman–Crippen MR) is 125 cm³/mol. The van der Waals surface area contributed by atoms with Gasteiger partial charge in [-0.05, 0) is 17.2 Å². The largest absolute Gasteiger partial charge is 0.595 e. The van der Waals surface area contributed by atoms with Crippen molar-refractivity contribution < 1.29 is 20.9 Å². The summed E-state index contributed by atoms with van der Waals surface area (Å²) >= 11 is 26.4. The van der Waals surface area contributed by atoms with Gasteiger partial charge in [0.1, 0.15) is 0 Å². The Kier molecular flexibility index (Phi) is 8.77. The SMILES string of the molecule is [O-][NH+](O)c1cc([NH+]([O-])O)c([C@H](Cl)[C@H](Cl)c2ccccc2)cc1[C@@H](Cl)[C@@H](Cl)c1ccccc1. The molecule has 0 amide bonds. The van der Waals surface area contributed by atoms with Crippen LogP contribution < -0.4 is 10.5 Å². The van der Waals surface area contributed by atoms with Crippen LogP contribution >= 0.6 is 46.4 Å². The van der Waals surface area contributed by atoms with Crippen LogP contribution in [-0.4, -0.2) is 10.4 Å². The molecule has 0 aliphatic rings. The van der Waals surface area contributed by atoms with Gasteiger partial charge in [-0.2, -0.15) is 10.5 Å². The van der Waals surface area contributed by atoms with Gasteiger partial charge in [-0.1, -0.05) is 60.7 Å². The Balaban J connectivity index is 2.10. The van der Waals surface area contributed by atoms with Crippen LogP contribution in [0.15, 0.2) is 72.8 Å². The molecule has 0 aliphatic carbocycles. The number of rotatable bonds is 8. The van der Waals surface area contributed by atoms with Crippen LogP contribution in [0.2, 0.25) is 0 Å². The normalized spacial score (nSPS) is 17.2. The fourth-order valence-electron chi connectivity index (χ4n) is 3.39. The third-order valence-corrected chi connectivity index (χ3v) is 7.27. The monoisotopic (exact) mass is 516 g/mol.